The highest BCUT2D eigenvalue weighted by Gasteiger charge is 2.28. The van der Waals surface area contributed by atoms with Crippen LogP contribution in [0.15, 0.2) is 0 Å². The molecule has 0 saturated carbocycles. The van der Waals surface area contributed by atoms with Crippen molar-refractivity contribution in [1.29, 1.82) is 0 Å². The Balaban J connectivity index is 4.09. The molecule has 5 N–H and O–H groups in total. The number of aliphatic hydroxyl groups is 5. The highest BCUT2D eigenvalue weighted by atomic mass is 16.5. The number of ketones is 1. The van der Waals surface area contributed by atoms with E-state index in [4.69, 9.17) is 25.5 Å². The van der Waals surface area contributed by atoms with Crippen molar-refractivity contribution in [2.45, 2.75) is 18.3 Å². The fourth-order valence-electron chi connectivity index (χ4n) is 0.577. The predicted molar refractivity (Wildman–Crippen MR) is 37.2 cm³/mol. The van der Waals surface area contributed by atoms with Crippen LogP contribution in [0.25, 0.3) is 0 Å². The summed E-state index contributed by atoms with van der Waals surface area (Å²) in [5.41, 5.74) is 0. The van der Waals surface area contributed by atoms with Gasteiger partial charge in [0.2, 0.25) is 0 Å². The highest BCUT2D eigenvalue weighted by Crippen LogP contribution is 1.98. The molecule has 0 saturated heterocycles. The third-order valence-electron chi connectivity index (χ3n) is 1.34. The summed E-state index contributed by atoms with van der Waals surface area (Å²) in [6.45, 7) is -1.61. The molecule has 6 nitrogen and oxygen atoms in total. The van der Waals surface area contributed by atoms with Gasteiger partial charge in [0.25, 0.3) is 0 Å². The van der Waals surface area contributed by atoms with Gasteiger partial charge in [-0.1, -0.05) is 0 Å². The van der Waals surface area contributed by atoms with Crippen LogP contribution in [0.5, 0.6) is 0 Å². The molecule has 12 heavy (non-hydrogen) atoms. The van der Waals surface area contributed by atoms with E-state index >= 15 is 0 Å². The first kappa shape index (κ1) is 11.5. The summed E-state index contributed by atoms with van der Waals surface area (Å²) in [6, 6.07) is 0. The van der Waals surface area contributed by atoms with Gasteiger partial charge in [-0.05, 0) is 0 Å². The van der Waals surface area contributed by atoms with E-state index in [1.54, 1.807) is 0 Å². The third-order valence-corrected chi connectivity index (χ3v) is 1.34. The maximum atomic E-state index is 10.7. The van der Waals surface area contributed by atoms with Gasteiger partial charge in [0.1, 0.15) is 18.3 Å². The van der Waals surface area contributed by atoms with E-state index in [1.165, 1.54) is 0 Å². The van der Waals surface area contributed by atoms with Gasteiger partial charge in [0.05, 0.1) is 13.2 Å². The molecule has 0 aliphatic rings. The second-order valence-electron chi connectivity index (χ2n) is 2.30. The SMILES string of the molecule is O=C([C@@H](O)[14CH2]O)[C@H](O)[C@H](O)CO. The molecule has 3 atom stereocenters. The van der Waals surface area contributed by atoms with Gasteiger partial charge in [-0.25, -0.2) is 0 Å². The quantitative estimate of drug-likeness (QED) is 0.303. The van der Waals surface area contributed by atoms with Crippen LogP contribution in [-0.2, 0) is 4.79 Å². The van der Waals surface area contributed by atoms with Gasteiger partial charge in [-0.3, -0.25) is 4.79 Å². The van der Waals surface area contributed by atoms with Crippen LogP contribution in [0, 0.1) is 0 Å². The molecule has 0 spiro atoms. The molecule has 6 heteroatoms. The number of Topliss-reactive ketones (excluding diaryl/α,β-unsaturated/α-hetero) is 1. The van der Waals surface area contributed by atoms with Gasteiger partial charge in [-0.2, -0.15) is 0 Å². The Labute approximate surface area is 68.7 Å². The Morgan fingerprint density at radius 3 is 2.17 bits per heavy atom. The fraction of sp³-hybridized carbons (Fsp3) is 0.833. The number of hydrogen-bond donors (Lipinski definition) is 5. The molecule has 0 fully saturated rings. The maximum absolute atomic E-state index is 10.7. The van der Waals surface area contributed by atoms with Crippen molar-refractivity contribution in [2.75, 3.05) is 13.2 Å². The lowest BCUT2D eigenvalue weighted by atomic mass is 10.1. The lowest BCUT2D eigenvalue weighted by Crippen LogP contribution is -2.43. The molecule has 0 bridgehead atoms. The van der Waals surface area contributed by atoms with Crippen molar-refractivity contribution in [2.24, 2.45) is 0 Å². The third kappa shape index (κ3) is 2.84. The molecule has 0 heterocycles. The molecule has 0 amide bonds. The van der Waals surface area contributed by atoms with Crippen molar-refractivity contribution in [1.82, 2.24) is 0 Å². The van der Waals surface area contributed by atoms with Crippen LogP contribution >= 0.6 is 0 Å². The van der Waals surface area contributed by atoms with Crippen LogP contribution in [0.1, 0.15) is 0 Å². The van der Waals surface area contributed by atoms with Crippen LogP contribution in [0.3, 0.4) is 0 Å². The van der Waals surface area contributed by atoms with Crippen molar-refractivity contribution in [3.63, 3.8) is 0 Å². The smallest absolute Gasteiger partial charge is 0.194 e. The van der Waals surface area contributed by atoms with Crippen molar-refractivity contribution < 1.29 is 30.3 Å². The zero-order valence-electron chi connectivity index (χ0n) is 6.29. The number of carbonyl (C=O) groups excluding carboxylic acids is 1. The molecule has 0 rings (SSSR count). The van der Waals surface area contributed by atoms with Crippen molar-refractivity contribution >= 4 is 5.78 Å². The van der Waals surface area contributed by atoms with Gasteiger partial charge < -0.3 is 25.5 Å². The lowest BCUT2D eigenvalue weighted by Gasteiger charge is -2.16. The number of carbonyl (C=O) groups is 1. The van der Waals surface area contributed by atoms with Gasteiger partial charge in [0.15, 0.2) is 5.78 Å². The van der Waals surface area contributed by atoms with E-state index in [0.717, 1.165) is 0 Å². The minimum atomic E-state index is -1.86. The summed E-state index contributed by atoms with van der Waals surface area (Å²) >= 11 is 0. The standard InChI is InChI=1S/C6H12O6/c7-1-3(9)5(11)6(12)4(10)2-8/h3-5,7-11H,1-2H2/t3-,4+,5-/m1/s1/i2+2. The molecule has 0 aromatic heterocycles. The molecule has 0 radical (unpaired) electrons. The summed E-state index contributed by atoms with van der Waals surface area (Å²) in [4.78, 5) is 10.7. The molecule has 0 unspecified atom stereocenters. The summed E-state index contributed by atoms with van der Waals surface area (Å²) < 4.78 is 0. The van der Waals surface area contributed by atoms with Gasteiger partial charge >= 0.3 is 0 Å². The fourth-order valence-corrected chi connectivity index (χ4v) is 0.577. The highest BCUT2D eigenvalue weighted by molar-refractivity contribution is 5.87. The maximum Gasteiger partial charge on any atom is 0.194 e. The van der Waals surface area contributed by atoms with E-state index in [9.17, 15) is 4.79 Å². The van der Waals surface area contributed by atoms with Crippen LogP contribution in [-0.4, -0.2) is 62.8 Å². The Bertz CT molecular complexity index is 147. The molecule has 72 valence electrons. The van der Waals surface area contributed by atoms with E-state index in [-0.39, 0.29) is 0 Å². The number of hydrogen-bond acceptors (Lipinski definition) is 6. The van der Waals surface area contributed by atoms with E-state index < -0.39 is 37.3 Å². The van der Waals surface area contributed by atoms with Crippen LogP contribution in [0.4, 0.5) is 0 Å². The monoisotopic (exact) mass is 182 g/mol. The Morgan fingerprint density at radius 1 is 1.33 bits per heavy atom. The Morgan fingerprint density at radius 2 is 1.83 bits per heavy atom. The first-order chi connectivity index (χ1) is 5.54. The molecular formula is C6H12O6. The zero-order chi connectivity index (χ0) is 9.72. The second kappa shape index (κ2) is 5.18. The van der Waals surface area contributed by atoms with Crippen LogP contribution < -0.4 is 0 Å². The summed E-state index contributed by atoms with van der Waals surface area (Å²) in [5, 5.41) is 42.9. The Hall–Kier alpha value is -0.530. The molecule has 0 aliphatic carbocycles. The molecule has 0 aromatic carbocycles. The topological polar surface area (TPSA) is 118 Å². The minimum absolute atomic E-state index is 0.787. The summed E-state index contributed by atoms with van der Waals surface area (Å²) in [6.07, 6.45) is -5.21. The summed E-state index contributed by atoms with van der Waals surface area (Å²) in [7, 11) is 0. The second-order valence-corrected chi connectivity index (χ2v) is 2.30. The average Bonchev–Trinajstić information content (AvgIpc) is 2.12. The van der Waals surface area contributed by atoms with E-state index in [0.29, 0.717) is 0 Å². The lowest BCUT2D eigenvalue weighted by molar-refractivity contribution is -0.144. The minimum Gasteiger partial charge on any atom is -0.394 e. The number of aliphatic hydroxyl groups excluding tert-OH is 5. The van der Waals surface area contributed by atoms with Crippen molar-refractivity contribution in [3.05, 3.63) is 0 Å². The predicted octanol–water partition coefficient (Wildman–Crippen LogP) is -3.38. The summed E-state index contributed by atoms with van der Waals surface area (Å²) in [5.74, 6) is -1.11. The van der Waals surface area contributed by atoms with Crippen LogP contribution in [0.2, 0.25) is 0 Å². The molecular weight excluding hydrogens is 170 g/mol. The zero-order valence-corrected chi connectivity index (χ0v) is 6.29. The first-order valence-corrected chi connectivity index (χ1v) is 3.34. The molecule has 0 aromatic rings. The van der Waals surface area contributed by atoms with Gasteiger partial charge in [0, 0.05) is 0 Å². The first-order valence-electron chi connectivity index (χ1n) is 3.34. The van der Waals surface area contributed by atoms with Crippen molar-refractivity contribution in [3.8, 4) is 0 Å². The largest absolute Gasteiger partial charge is 0.394 e. The average molecular weight is 182 g/mol. The van der Waals surface area contributed by atoms with E-state index in [1.807, 2.05) is 0 Å². The Kier molecular flexibility index (Phi) is 4.95. The number of rotatable bonds is 5. The van der Waals surface area contributed by atoms with E-state index in [2.05, 4.69) is 0 Å². The normalized spacial score (nSPS) is 18.4. The molecule has 0 aliphatic heterocycles. The van der Waals surface area contributed by atoms with Gasteiger partial charge in [-0.15, -0.1) is 0 Å².